The fraction of sp³-hybridized carbons (Fsp3) is 0.348. The number of para-hydroxylation sites is 1. The van der Waals surface area contributed by atoms with Crippen LogP contribution >= 0.6 is 24.8 Å². The molecule has 0 amide bonds. The SMILES string of the molecule is Cl.Cl.FC1CNCCC1Oc1cccc2ccc(-c3nnc4ccc(C5CC5)cn34)nc12. The summed E-state index contributed by atoms with van der Waals surface area (Å²) >= 11 is 0. The molecule has 1 saturated carbocycles. The van der Waals surface area contributed by atoms with Gasteiger partial charge in [-0.2, -0.15) is 0 Å². The normalized spacial score (nSPS) is 20.5. The van der Waals surface area contributed by atoms with Crippen LogP contribution in [0.3, 0.4) is 0 Å². The Morgan fingerprint density at radius 3 is 2.69 bits per heavy atom. The van der Waals surface area contributed by atoms with Crippen molar-refractivity contribution < 1.29 is 9.13 Å². The van der Waals surface area contributed by atoms with Gasteiger partial charge in [-0.1, -0.05) is 24.3 Å². The van der Waals surface area contributed by atoms with Gasteiger partial charge in [0.15, 0.2) is 11.5 Å². The predicted octanol–water partition coefficient (Wildman–Crippen LogP) is 4.74. The Bertz CT molecular complexity index is 1250. The van der Waals surface area contributed by atoms with E-state index in [-0.39, 0.29) is 24.8 Å². The predicted molar refractivity (Wildman–Crippen MR) is 127 cm³/mol. The molecular formula is C23H24Cl2FN5O. The molecule has 4 heterocycles. The zero-order chi connectivity index (χ0) is 20.1. The maximum absolute atomic E-state index is 14.3. The van der Waals surface area contributed by atoms with Gasteiger partial charge in [0, 0.05) is 18.1 Å². The molecule has 2 fully saturated rings. The number of alkyl halides is 1. The molecule has 32 heavy (non-hydrogen) atoms. The summed E-state index contributed by atoms with van der Waals surface area (Å²) in [6.07, 6.45) is 3.75. The van der Waals surface area contributed by atoms with Gasteiger partial charge in [-0.25, -0.2) is 9.37 Å². The van der Waals surface area contributed by atoms with E-state index in [1.807, 2.05) is 40.8 Å². The van der Waals surface area contributed by atoms with Gasteiger partial charge >= 0.3 is 0 Å². The summed E-state index contributed by atoms with van der Waals surface area (Å²) in [5.74, 6) is 1.96. The molecule has 168 valence electrons. The highest BCUT2D eigenvalue weighted by Crippen LogP contribution is 2.40. The minimum Gasteiger partial charge on any atom is -0.485 e. The van der Waals surface area contributed by atoms with Crippen molar-refractivity contribution in [3.63, 3.8) is 0 Å². The van der Waals surface area contributed by atoms with Crippen LogP contribution in [0.25, 0.3) is 28.1 Å². The van der Waals surface area contributed by atoms with Gasteiger partial charge in [-0.15, -0.1) is 35.0 Å². The van der Waals surface area contributed by atoms with Gasteiger partial charge < -0.3 is 10.1 Å². The molecular weight excluding hydrogens is 452 g/mol. The number of halogens is 3. The molecule has 0 radical (unpaired) electrons. The Morgan fingerprint density at radius 2 is 1.88 bits per heavy atom. The smallest absolute Gasteiger partial charge is 0.187 e. The van der Waals surface area contributed by atoms with E-state index in [2.05, 4.69) is 27.8 Å². The largest absolute Gasteiger partial charge is 0.485 e. The Balaban J connectivity index is 0.00000122. The summed E-state index contributed by atoms with van der Waals surface area (Å²) in [5, 5.41) is 12.7. The van der Waals surface area contributed by atoms with Crippen LogP contribution in [0.1, 0.15) is 30.7 Å². The topological polar surface area (TPSA) is 64.3 Å². The minimum absolute atomic E-state index is 0. The van der Waals surface area contributed by atoms with Crippen LogP contribution in [-0.2, 0) is 0 Å². The van der Waals surface area contributed by atoms with Gasteiger partial charge in [0.2, 0.25) is 0 Å². The summed E-state index contributed by atoms with van der Waals surface area (Å²) in [4.78, 5) is 4.86. The van der Waals surface area contributed by atoms with Gasteiger partial charge in [-0.05, 0) is 55.5 Å². The lowest BCUT2D eigenvalue weighted by molar-refractivity contribution is 0.0742. The van der Waals surface area contributed by atoms with E-state index in [1.165, 1.54) is 18.4 Å². The van der Waals surface area contributed by atoms with E-state index in [1.54, 1.807) is 0 Å². The maximum atomic E-state index is 14.3. The zero-order valence-corrected chi connectivity index (χ0v) is 18.9. The molecule has 0 bridgehead atoms. The first-order valence-corrected chi connectivity index (χ1v) is 10.5. The van der Waals surface area contributed by atoms with E-state index in [0.29, 0.717) is 30.5 Å². The van der Waals surface area contributed by atoms with Crippen LogP contribution in [-0.4, -0.2) is 44.9 Å². The third kappa shape index (κ3) is 4.12. The number of nitrogens with one attached hydrogen (secondary N) is 1. The molecule has 1 aliphatic heterocycles. The van der Waals surface area contributed by atoms with Crippen molar-refractivity contribution in [3.05, 3.63) is 54.2 Å². The minimum atomic E-state index is -1.03. The highest BCUT2D eigenvalue weighted by atomic mass is 35.5. The quantitative estimate of drug-likeness (QED) is 0.461. The second-order valence-electron chi connectivity index (χ2n) is 8.18. The number of piperidine rings is 1. The van der Waals surface area contributed by atoms with Crippen LogP contribution in [0.4, 0.5) is 4.39 Å². The maximum Gasteiger partial charge on any atom is 0.187 e. The van der Waals surface area contributed by atoms with Crippen LogP contribution in [0.15, 0.2) is 48.7 Å². The number of nitrogens with zero attached hydrogens (tertiary/aromatic N) is 4. The standard InChI is InChI=1S/C23H22FN5O.2ClH/c24-17-12-25-11-10-19(17)30-20-3-1-2-15-6-8-18(26-22(15)20)23-28-27-21-9-7-16(13-29(21)23)14-4-5-14;;/h1-3,6-9,13-14,17,19,25H,4-5,10-12H2;2*1H. The summed E-state index contributed by atoms with van der Waals surface area (Å²) in [6.45, 7) is 1.08. The molecule has 0 spiro atoms. The number of hydrogen-bond acceptors (Lipinski definition) is 5. The third-order valence-electron chi connectivity index (χ3n) is 6.01. The zero-order valence-electron chi connectivity index (χ0n) is 17.3. The lowest BCUT2D eigenvalue weighted by Gasteiger charge is -2.27. The number of ether oxygens (including phenoxy) is 1. The first-order valence-electron chi connectivity index (χ1n) is 10.5. The van der Waals surface area contributed by atoms with Gasteiger partial charge in [0.1, 0.15) is 29.2 Å². The molecule has 2 unspecified atom stereocenters. The molecule has 1 N–H and O–H groups in total. The molecule has 1 aliphatic carbocycles. The van der Waals surface area contributed by atoms with E-state index in [4.69, 9.17) is 9.72 Å². The molecule has 2 atom stereocenters. The van der Waals surface area contributed by atoms with Gasteiger partial charge in [0.05, 0.1) is 0 Å². The number of aromatic nitrogens is 4. The van der Waals surface area contributed by atoms with Crippen molar-refractivity contribution in [2.24, 2.45) is 0 Å². The van der Waals surface area contributed by atoms with Crippen molar-refractivity contribution >= 4 is 41.4 Å². The van der Waals surface area contributed by atoms with Gasteiger partial charge in [0.25, 0.3) is 0 Å². The van der Waals surface area contributed by atoms with E-state index in [9.17, 15) is 4.39 Å². The van der Waals surface area contributed by atoms with Crippen molar-refractivity contribution in [3.8, 4) is 17.3 Å². The highest BCUT2D eigenvalue weighted by Gasteiger charge is 2.27. The van der Waals surface area contributed by atoms with Crippen molar-refractivity contribution in [1.29, 1.82) is 0 Å². The molecule has 3 aromatic heterocycles. The Kier molecular flexibility index (Phi) is 6.51. The van der Waals surface area contributed by atoms with Crippen LogP contribution in [0.2, 0.25) is 0 Å². The van der Waals surface area contributed by atoms with Crippen molar-refractivity contribution in [2.75, 3.05) is 13.1 Å². The second kappa shape index (κ2) is 9.17. The van der Waals surface area contributed by atoms with E-state index in [0.717, 1.165) is 28.8 Å². The Morgan fingerprint density at radius 1 is 1.00 bits per heavy atom. The van der Waals surface area contributed by atoms with Crippen molar-refractivity contribution in [2.45, 2.75) is 37.5 Å². The fourth-order valence-electron chi connectivity index (χ4n) is 4.17. The fourth-order valence-corrected chi connectivity index (χ4v) is 4.17. The highest BCUT2D eigenvalue weighted by molar-refractivity contribution is 5.86. The van der Waals surface area contributed by atoms with Crippen LogP contribution in [0.5, 0.6) is 5.75 Å². The lowest BCUT2D eigenvalue weighted by atomic mass is 10.1. The summed E-state index contributed by atoms with van der Waals surface area (Å²) in [5.41, 5.74) is 3.56. The van der Waals surface area contributed by atoms with Crippen LogP contribution < -0.4 is 10.1 Å². The Labute approximate surface area is 197 Å². The molecule has 9 heteroatoms. The number of pyridine rings is 2. The summed E-state index contributed by atoms with van der Waals surface area (Å²) in [6, 6.07) is 13.9. The average molecular weight is 476 g/mol. The molecule has 6 rings (SSSR count). The third-order valence-corrected chi connectivity index (χ3v) is 6.01. The summed E-state index contributed by atoms with van der Waals surface area (Å²) < 4.78 is 22.4. The number of hydrogen-bond donors (Lipinski definition) is 1. The molecule has 6 nitrogen and oxygen atoms in total. The number of fused-ring (bicyclic) bond motifs is 2. The van der Waals surface area contributed by atoms with Gasteiger partial charge in [-0.3, -0.25) is 4.40 Å². The molecule has 1 saturated heterocycles. The second-order valence-corrected chi connectivity index (χ2v) is 8.18. The summed E-state index contributed by atoms with van der Waals surface area (Å²) in [7, 11) is 0. The molecule has 1 aromatic carbocycles. The molecule has 4 aromatic rings. The number of benzene rings is 1. The lowest BCUT2D eigenvalue weighted by Crippen LogP contribution is -2.44. The van der Waals surface area contributed by atoms with E-state index >= 15 is 0 Å². The number of rotatable bonds is 4. The molecule has 2 aliphatic rings. The van der Waals surface area contributed by atoms with Crippen molar-refractivity contribution in [1.82, 2.24) is 24.9 Å². The first-order chi connectivity index (χ1) is 14.8. The van der Waals surface area contributed by atoms with Crippen LogP contribution in [0, 0.1) is 0 Å². The Hall–Kier alpha value is -2.48. The first kappa shape index (κ1) is 22.7. The monoisotopic (exact) mass is 475 g/mol. The average Bonchev–Trinajstić information content (AvgIpc) is 3.54. The van der Waals surface area contributed by atoms with E-state index < -0.39 is 12.3 Å².